The van der Waals surface area contributed by atoms with Gasteiger partial charge in [-0.15, -0.1) is 0 Å². The average Bonchev–Trinajstić information content (AvgIpc) is 2.44. The van der Waals surface area contributed by atoms with Gasteiger partial charge in [-0.1, -0.05) is 0 Å². The van der Waals surface area contributed by atoms with Gasteiger partial charge in [0.05, 0.1) is 6.61 Å². The van der Waals surface area contributed by atoms with Crippen LogP contribution < -0.4 is 15.4 Å². The molecule has 20 heavy (non-hydrogen) atoms. The second-order valence-corrected chi connectivity index (χ2v) is 5.49. The van der Waals surface area contributed by atoms with Gasteiger partial charge in [0.1, 0.15) is 5.75 Å². The number of rotatable bonds is 6. The van der Waals surface area contributed by atoms with Crippen LogP contribution in [0.25, 0.3) is 0 Å². The van der Waals surface area contributed by atoms with E-state index in [-0.39, 0.29) is 0 Å². The summed E-state index contributed by atoms with van der Waals surface area (Å²) in [5.41, 5.74) is 8.59. The van der Waals surface area contributed by atoms with E-state index in [1.807, 2.05) is 0 Å². The van der Waals surface area contributed by atoms with Crippen molar-refractivity contribution in [3.63, 3.8) is 0 Å². The number of methoxy groups -OCH3 is 1. The largest absolute Gasteiger partial charge is 0.493 e. The summed E-state index contributed by atoms with van der Waals surface area (Å²) in [4.78, 5) is 2.39. The zero-order chi connectivity index (χ0) is 14.4. The second kappa shape index (κ2) is 7.50. The molecular formula is C16H26N2O2. The van der Waals surface area contributed by atoms with E-state index in [0.29, 0.717) is 12.6 Å². The lowest BCUT2D eigenvalue weighted by atomic mass is 10.0. The maximum atomic E-state index is 6.06. The number of hydrogen-bond donors (Lipinski definition) is 1. The van der Waals surface area contributed by atoms with E-state index >= 15 is 0 Å². The molecule has 4 nitrogen and oxygen atoms in total. The Morgan fingerprint density at radius 2 is 2.20 bits per heavy atom. The fourth-order valence-electron chi connectivity index (χ4n) is 2.69. The highest BCUT2D eigenvalue weighted by Gasteiger charge is 2.18. The highest BCUT2D eigenvalue weighted by molar-refractivity contribution is 5.56. The number of ether oxygens (including phenoxy) is 2. The standard InChI is InChI=1S/C16H26N2O2/c1-13-11-15(20-10-4-9-19-2)6-7-16(13)18-8-3-5-14(17)12-18/h6-7,11,14H,3-5,8-10,12,17H2,1-2H3. The first-order valence-corrected chi connectivity index (χ1v) is 7.43. The van der Waals surface area contributed by atoms with Crippen molar-refractivity contribution >= 4 is 5.69 Å². The molecule has 2 rings (SSSR count). The molecule has 1 atom stereocenters. The van der Waals surface area contributed by atoms with Gasteiger partial charge in [0.25, 0.3) is 0 Å². The Morgan fingerprint density at radius 1 is 1.35 bits per heavy atom. The summed E-state index contributed by atoms with van der Waals surface area (Å²) < 4.78 is 10.7. The van der Waals surface area contributed by atoms with Crippen LogP contribution in [0.5, 0.6) is 5.75 Å². The number of nitrogens with two attached hydrogens (primary N) is 1. The molecule has 0 bridgehead atoms. The van der Waals surface area contributed by atoms with Crippen LogP contribution in [-0.4, -0.2) is 39.5 Å². The van der Waals surface area contributed by atoms with Gasteiger partial charge in [0.2, 0.25) is 0 Å². The Morgan fingerprint density at radius 3 is 2.90 bits per heavy atom. The highest BCUT2D eigenvalue weighted by atomic mass is 16.5. The molecule has 1 aromatic carbocycles. The van der Waals surface area contributed by atoms with Crippen LogP contribution in [0.3, 0.4) is 0 Å². The van der Waals surface area contributed by atoms with Crippen molar-refractivity contribution in [1.29, 1.82) is 0 Å². The topological polar surface area (TPSA) is 47.7 Å². The van der Waals surface area contributed by atoms with Crippen molar-refractivity contribution in [2.75, 3.05) is 38.3 Å². The molecule has 0 spiro atoms. The predicted molar refractivity (Wildman–Crippen MR) is 82.6 cm³/mol. The monoisotopic (exact) mass is 278 g/mol. The first kappa shape index (κ1) is 15.1. The predicted octanol–water partition coefficient (Wildman–Crippen LogP) is 2.34. The summed E-state index contributed by atoms with van der Waals surface area (Å²) in [6, 6.07) is 6.62. The molecular weight excluding hydrogens is 252 g/mol. The molecule has 4 heteroatoms. The average molecular weight is 278 g/mol. The van der Waals surface area contributed by atoms with Crippen molar-refractivity contribution in [3.05, 3.63) is 23.8 Å². The molecule has 1 aliphatic rings. The van der Waals surface area contributed by atoms with Crippen LogP contribution in [-0.2, 0) is 4.74 Å². The lowest BCUT2D eigenvalue weighted by Gasteiger charge is -2.33. The number of hydrogen-bond acceptors (Lipinski definition) is 4. The van der Waals surface area contributed by atoms with Gasteiger partial charge in [-0.2, -0.15) is 0 Å². The normalized spacial score (nSPS) is 19.1. The van der Waals surface area contributed by atoms with Crippen LogP contribution >= 0.6 is 0 Å². The molecule has 1 heterocycles. The number of anilines is 1. The third-order valence-corrected chi connectivity index (χ3v) is 3.73. The minimum atomic E-state index is 0.299. The molecule has 0 aliphatic carbocycles. The van der Waals surface area contributed by atoms with Gasteiger partial charge in [-0.3, -0.25) is 0 Å². The fourth-order valence-corrected chi connectivity index (χ4v) is 2.69. The summed E-state index contributed by atoms with van der Waals surface area (Å²) in [7, 11) is 1.71. The molecule has 1 aliphatic heterocycles. The molecule has 1 unspecified atom stereocenters. The van der Waals surface area contributed by atoms with Crippen molar-refractivity contribution < 1.29 is 9.47 Å². The van der Waals surface area contributed by atoms with Crippen molar-refractivity contribution in [1.82, 2.24) is 0 Å². The molecule has 1 saturated heterocycles. The van der Waals surface area contributed by atoms with Crippen molar-refractivity contribution in [2.45, 2.75) is 32.2 Å². The number of nitrogens with zero attached hydrogens (tertiary/aromatic N) is 1. The first-order chi connectivity index (χ1) is 9.70. The molecule has 2 N–H and O–H groups in total. The SMILES string of the molecule is COCCCOc1ccc(N2CCCC(N)C2)c(C)c1. The Bertz CT molecular complexity index is 423. The van der Waals surface area contributed by atoms with Crippen LogP contribution in [0.1, 0.15) is 24.8 Å². The van der Waals surface area contributed by atoms with Gasteiger partial charge in [0, 0.05) is 45.0 Å². The molecule has 112 valence electrons. The van der Waals surface area contributed by atoms with Gasteiger partial charge in [-0.05, 0) is 43.5 Å². The molecule has 1 aromatic rings. The first-order valence-electron chi connectivity index (χ1n) is 7.43. The number of aryl methyl sites for hydroxylation is 1. The van der Waals surface area contributed by atoms with Gasteiger partial charge in [-0.25, -0.2) is 0 Å². The van der Waals surface area contributed by atoms with E-state index < -0.39 is 0 Å². The van der Waals surface area contributed by atoms with E-state index in [4.69, 9.17) is 15.2 Å². The lowest BCUT2D eigenvalue weighted by Crippen LogP contribution is -2.43. The Labute approximate surface area is 121 Å². The molecule has 0 saturated carbocycles. The third kappa shape index (κ3) is 4.12. The number of piperidine rings is 1. The van der Waals surface area contributed by atoms with Crippen molar-refractivity contribution in [3.8, 4) is 5.75 Å². The lowest BCUT2D eigenvalue weighted by molar-refractivity contribution is 0.172. The summed E-state index contributed by atoms with van der Waals surface area (Å²) >= 11 is 0. The van der Waals surface area contributed by atoms with Crippen LogP contribution in [0.15, 0.2) is 18.2 Å². The van der Waals surface area contributed by atoms with E-state index in [1.165, 1.54) is 17.7 Å². The van der Waals surface area contributed by atoms with E-state index in [2.05, 4.69) is 30.0 Å². The molecule has 0 radical (unpaired) electrons. The minimum absolute atomic E-state index is 0.299. The van der Waals surface area contributed by atoms with Gasteiger partial charge >= 0.3 is 0 Å². The van der Waals surface area contributed by atoms with Gasteiger partial charge in [0.15, 0.2) is 0 Å². The summed E-state index contributed by atoms with van der Waals surface area (Å²) in [6.07, 6.45) is 3.23. The summed E-state index contributed by atoms with van der Waals surface area (Å²) in [6.45, 7) is 5.62. The van der Waals surface area contributed by atoms with E-state index in [1.54, 1.807) is 7.11 Å². The maximum Gasteiger partial charge on any atom is 0.119 e. The quantitative estimate of drug-likeness (QED) is 0.811. The molecule has 0 aromatic heterocycles. The minimum Gasteiger partial charge on any atom is -0.493 e. The Hall–Kier alpha value is -1.26. The summed E-state index contributed by atoms with van der Waals surface area (Å²) in [5.74, 6) is 0.934. The summed E-state index contributed by atoms with van der Waals surface area (Å²) in [5, 5.41) is 0. The van der Waals surface area contributed by atoms with Crippen LogP contribution in [0, 0.1) is 6.92 Å². The zero-order valence-electron chi connectivity index (χ0n) is 12.6. The maximum absolute atomic E-state index is 6.06. The Balaban J connectivity index is 1.95. The fraction of sp³-hybridized carbons (Fsp3) is 0.625. The smallest absolute Gasteiger partial charge is 0.119 e. The van der Waals surface area contributed by atoms with Crippen LogP contribution in [0.4, 0.5) is 5.69 Å². The molecule has 1 fully saturated rings. The van der Waals surface area contributed by atoms with E-state index in [9.17, 15) is 0 Å². The Kier molecular flexibility index (Phi) is 5.68. The van der Waals surface area contributed by atoms with E-state index in [0.717, 1.165) is 38.3 Å². The number of benzene rings is 1. The third-order valence-electron chi connectivity index (χ3n) is 3.73. The van der Waals surface area contributed by atoms with Crippen molar-refractivity contribution in [2.24, 2.45) is 5.73 Å². The highest BCUT2D eigenvalue weighted by Crippen LogP contribution is 2.27. The van der Waals surface area contributed by atoms with Crippen LogP contribution in [0.2, 0.25) is 0 Å². The van der Waals surface area contributed by atoms with Gasteiger partial charge < -0.3 is 20.1 Å². The second-order valence-electron chi connectivity index (χ2n) is 5.49. The zero-order valence-corrected chi connectivity index (χ0v) is 12.6. The molecule has 0 amide bonds.